The first-order chi connectivity index (χ1) is 24.5. The Morgan fingerprint density at radius 3 is 2.37 bits per heavy atom. The number of nitrogens with one attached hydrogen (secondary N) is 1. The van der Waals surface area contributed by atoms with Gasteiger partial charge in [0.15, 0.2) is 0 Å². The number of aliphatic hydroxyl groups is 3. The number of carbonyl (C=O) groups excluding carboxylic acids is 2. The summed E-state index contributed by atoms with van der Waals surface area (Å²) in [6.07, 6.45) is 14.4. The second-order valence-electron chi connectivity index (χ2n) is 15.4. The van der Waals surface area contributed by atoms with E-state index >= 15 is 0 Å². The highest BCUT2D eigenvalue weighted by Gasteiger charge is 2.54. The molecule has 0 aromatic heterocycles. The van der Waals surface area contributed by atoms with E-state index in [4.69, 9.17) is 28.8 Å². The van der Waals surface area contributed by atoms with Crippen molar-refractivity contribution in [2.75, 3.05) is 13.7 Å². The molecule has 12 nitrogen and oxygen atoms in total. The van der Waals surface area contributed by atoms with Crippen molar-refractivity contribution in [2.45, 2.75) is 167 Å². The molecule has 1 saturated carbocycles. The second kappa shape index (κ2) is 21.9. The smallest absolute Gasteiger partial charge is 0.309 e. The third kappa shape index (κ3) is 14.7. The Balaban J connectivity index is 0.00000301. The molecule has 3 rings (SSSR count). The van der Waals surface area contributed by atoms with Gasteiger partial charge in [-0.25, -0.2) is 0 Å². The van der Waals surface area contributed by atoms with Gasteiger partial charge in [-0.15, -0.1) is 0 Å². The van der Waals surface area contributed by atoms with Crippen molar-refractivity contribution >= 4 is 18.4 Å². The molecule has 0 radical (unpaired) electrons. The zero-order valence-electron chi connectivity index (χ0n) is 32.7. The number of rotatable bonds is 13. The normalized spacial score (nSPS) is 33.0. The molecule has 0 amide bonds. The summed E-state index contributed by atoms with van der Waals surface area (Å²) in [6.45, 7) is 13.2. The Hall–Kier alpha value is -2.61. The summed E-state index contributed by atoms with van der Waals surface area (Å²) >= 11 is 0. The fraction of sp³-hybridized carbons (Fsp3) is 0.775. The standard InChI is InChI=1S/C39H65NO9.CH2O2/c1-9-31(46-8)27(4)35-36(49-35)37(40-24-29-16-12-10-11-13-17-29)39(7,45)21-14-15-25(2)34-26(3)18-19-32(47-28(5)41)38(6,44)22-20-30(42)23-33(43)48-34;2-1-3/h14-15,18-19,21,26-27,29-32,34-37,40,42,44-45H,9-13,16-17,20,22-24H2,1-8H3;1H,(H,2,3)/b19-18+,21-14+,25-15+;/t26-,27+,30+,31-,32-,34+,35+,36-,37?,38+,39?;/m0./s1. The summed E-state index contributed by atoms with van der Waals surface area (Å²) in [5.41, 5.74) is -1.97. The van der Waals surface area contributed by atoms with E-state index in [-0.39, 0.29) is 61.9 Å². The van der Waals surface area contributed by atoms with Crippen molar-refractivity contribution in [3.8, 4) is 0 Å². The van der Waals surface area contributed by atoms with Gasteiger partial charge in [-0.2, -0.15) is 0 Å². The third-order valence-electron chi connectivity index (χ3n) is 10.8. The Morgan fingerprint density at radius 1 is 1.15 bits per heavy atom. The van der Waals surface area contributed by atoms with E-state index < -0.39 is 41.5 Å². The minimum atomic E-state index is -1.44. The molecule has 12 heteroatoms. The maximum Gasteiger partial charge on any atom is 0.309 e. The number of allylic oxidation sites excluding steroid dienone is 2. The van der Waals surface area contributed by atoms with Crippen LogP contribution in [0.15, 0.2) is 36.0 Å². The molecule has 52 heavy (non-hydrogen) atoms. The predicted molar refractivity (Wildman–Crippen MR) is 198 cm³/mol. The van der Waals surface area contributed by atoms with Gasteiger partial charge in [0, 0.05) is 25.9 Å². The number of epoxide rings is 1. The first kappa shape index (κ1) is 45.5. The molecular weight excluding hydrogens is 670 g/mol. The van der Waals surface area contributed by atoms with Crippen LogP contribution in [0.25, 0.3) is 0 Å². The molecule has 298 valence electrons. The number of ether oxygens (including phenoxy) is 4. The SMILES string of the molecule is CC[C@H](OC)[C@@H](C)[C@H]1O[C@@H]1C(NCC1CCCCCC1)C(C)(O)/C=C/C=C(\C)[C@H]1OC(=O)C[C@H](O)CC[C@@](C)(O)[C@@H](OC(C)=O)/C=C/[C@@H]1C.O=CO. The number of hydrogen-bond acceptors (Lipinski definition) is 11. The van der Waals surface area contributed by atoms with E-state index in [2.05, 4.69) is 19.2 Å². The largest absolute Gasteiger partial charge is 0.483 e. The highest BCUT2D eigenvalue weighted by molar-refractivity contribution is 5.70. The first-order valence-electron chi connectivity index (χ1n) is 19.0. The minimum Gasteiger partial charge on any atom is -0.483 e. The Kier molecular flexibility index (Phi) is 19.2. The number of esters is 2. The molecule has 0 bridgehead atoms. The van der Waals surface area contributed by atoms with Gasteiger partial charge in [-0.1, -0.05) is 70.8 Å². The number of methoxy groups -OCH3 is 1. The molecule has 0 spiro atoms. The molecule has 11 atom stereocenters. The molecule has 2 unspecified atom stereocenters. The molecule has 0 aromatic carbocycles. The fourth-order valence-corrected chi connectivity index (χ4v) is 7.53. The molecule has 1 saturated heterocycles. The summed E-state index contributed by atoms with van der Waals surface area (Å²) in [5.74, 6) is -0.694. The first-order valence-corrected chi connectivity index (χ1v) is 19.0. The van der Waals surface area contributed by atoms with Crippen LogP contribution in [0, 0.1) is 17.8 Å². The molecule has 1 aliphatic carbocycles. The van der Waals surface area contributed by atoms with Gasteiger partial charge in [-0.05, 0) is 77.0 Å². The zero-order valence-corrected chi connectivity index (χ0v) is 32.7. The molecule has 2 heterocycles. The number of hydrogen-bond donors (Lipinski definition) is 5. The van der Waals surface area contributed by atoms with Crippen molar-refractivity contribution in [3.63, 3.8) is 0 Å². The number of carbonyl (C=O) groups is 3. The Bertz CT molecular complexity index is 1190. The topological polar surface area (TPSA) is 184 Å². The lowest BCUT2D eigenvalue weighted by Crippen LogP contribution is -2.53. The van der Waals surface area contributed by atoms with Crippen molar-refractivity contribution < 1.29 is 53.8 Å². The van der Waals surface area contributed by atoms with E-state index in [9.17, 15) is 24.9 Å². The highest BCUT2D eigenvalue weighted by atomic mass is 16.6. The molecule has 2 fully saturated rings. The summed E-state index contributed by atoms with van der Waals surface area (Å²) < 4.78 is 23.3. The number of aliphatic hydroxyl groups excluding tert-OH is 1. The van der Waals surface area contributed by atoms with Gasteiger partial charge >= 0.3 is 11.9 Å². The summed E-state index contributed by atoms with van der Waals surface area (Å²) in [4.78, 5) is 33.1. The van der Waals surface area contributed by atoms with Crippen LogP contribution in [0.2, 0.25) is 0 Å². The van der Waals surface area contributed by atoms with Crippen LogP contribution in [-0.2, 0) is 33.3 Å². The van der Waals surface area contributed by atoms with Crippen molar-refractivity contribution in [2.24, 2.45) is 17.8 Å². The highest BCUT2D eigenvalue weighted by Crippen LogP contribution is 2.39. The van der Waals surface area contributed by atoms with Crippen LogP contribution in [0.3, 0.4) is 0 Å². The fourth-order valence-electron chi connectivity index (χ4n) is 7.53. The van der Waals surface area contributed by atoms with E-state index in [0.29, 0.717) is 5.92 Å². The van der Waals surface area contributed by atoms with E-state index in [1.165, 1.54) is 45.4 Å². The molecular formula is C40H67NO11. The third-order valence-corrected chi connectivity index (χ3v) is 10.8. The van der Waals surface area contributed by atoms with Crippen LogP contribution in [0.5, 0.6) is 0 Å². The average molecular weight is 738 g/mol. The lowest BCUT2D eigenvalue weighted by Gasteiger charge is -2.32. The monoisotopic (exact) mass is 737 g/mol. The zero-order chi connectivity index (χ0) is 39.1. The molecule has 5 N–H and O–H groups in total. The Morgan fingerprint density at radius 2 is 1.79 bits per heavy atom. The van der Waals surface area contributed by atoms with Crippen molar-refractivity contribution in [3.05, 3.63) is 36.0 Å². The number of carboxylic acid groups (broad SMARTS) is 1. The lowest BCUT2D eigenvalue weighted by molar-refractivity contribution is -0.157. The van der Waals surface area contributed by atoms with E-state index in [0.717, 1.165) is 18.5 Å². The van der Waals surface area contributed by atoms with E-state index in [1.54, 1.807) is 45.3 Å². The molecule has 0 aromatic rings. The van der Waals surface area contributed by atoms with Gasteiger partial charge < -0.3 is 44.7 Å². The average Bonchev–Trinajstić information content (AvgIpc) is 3.89. The van der Waals surface area contributed by atoms with Crippen molar-refractivity contribution in [1.29, 1.82) is 0 Å². The lowest BCUT2D eigenvalue weighted by atomic mass is 9.86. The van der Waals surface area contributed by atoms with Gasteiger partial charge in [0.25, 0.3) is 6.47 Å². The van der Waals surface area contributed by atoms with Crippen molar-refractivity contribution in [1.82, 2.24) is 5.32 Å². The van der Waals surface area contributed by atoms with Crippen LogP contribution < -0.4 is 5.32 Å². The minimum absolute atomic E-state index is 0.0242. The van der Waals surface area contributed by atoms with E-state index in [1.807, 2.05) is 19.9 Å². The maximum atomic E-state index is 12.9. The maximum absolute atomic E-state index is 12.9. The van der Waals surface area contributed by atoms with Gasteiger partial charge in [0.2, 0.25) is 0 Å². The summed E-state index contributed by atoms with van der Waals surface area (Å²) in [6, 6.07) is -0.337. The molecule has 3 aliphatic rings. The Labute approximate surface area is 311 Å². The number of cyclic esters (lactones) is 1. The van der Waals surface area contributed by atoms with Crippen LogP contribution in [0.4, 0.5) is 0 Å². The van der Waals surface area contributed by atoms with Crippen LogP contribution in [-0.4, -0.2) is 106 Å². The van der Waals surface area contributed by atoms with Crippen LogP contribution >= 0.6 is 0 Å². The quantitative estimate of drug-likeness (QED) is 0.0425. The molecule has 2 aliphatic heterocycles. The summed E-state index contributed by atoms with van der Waals surface area (Å²) in [7, 11) is 1.73. The second-order valence-corrected chi connectivity index (χ2v) is 15.4. The predicted octanol–water partition coefficient (Wildman–Crippen LogP) is 5.03. The summed E-state index contributed by atoms with van der Waals surface area (Å²) in [5, 5.41) is 44.2. The van der Waals surface area contributed by atoms with Gasteiger partial charge in [0.1, 0.15) is 23.9 Å². The van der Waals surface area contributed by atoms with Gasteiger partial charge in [-0.3, -0.25) is 14.4 Å². The van der Waals surface area contributed by atoms with Crippen LogP contribution in [0.1, 0.15) is 113 Å². The van der Waals surface area contributed by atoms with Gasteiger partial charge in [0.05, 0.1) is 36.4 Å².